The van der Waals surface area contributed by atoms with Crippen LogP contribution < -0.4 is 5.46 Å². The lowest BCUT2D eigenvalue weighted by Gasteiger charge is -2.02. The Morgan fingerprint density at radius 1 is 1.45 bits per heavy atom. The minimum atomic E-state index is -0.721. The molecule has 0 bridgehead atoms. The van der Waals surface area contributed by atoms with Crippen LogP contribution in [0.4, 0.5) is 0 Å². The molecule has 1 aliphatic rings. The van der Waals surface area contributed by atoms with E-state index in [1.54, 1.807) is 0 Å². The minimum Gasteiger partial charge on any atom is -0.423 e. The first kappa shape index (κ1) is 6.89. The zero-order chi connectivity index (χ0) is 7.84. The molecule has 0 saturated heterocycles. The molecule has 3 heteroatoms. The molecule has 0 unspecified atom stereocenters. The zero-order valence-electron chi connectivity index (χ0n) is 6.32. The van der Waals surface area contributed by atoms with E-state index in [0.29, 0.717) is 0 Å². The highest BCUT2D eigenvalue weighted by Gasteiger charge is 2.31. The fraction of sp³-hybridized carbons (Fsp3) is 0.250. The van der Waals surface area contributed by atoms with Crippen molar-refractivity contribution in [3.05, 3.63) is 29.8 Å². The van der Waals surface area contributed by atoms with Crippen LogP contribution in [-0.2, 0) is 4.65 Å². The van der Waals surface area contributed by atoms with Gasteiger partial charge in [0.1, 0.15) is 0 Å². The molecule has 1 atom stereocenters. The molecule has 1 aromatic carbocycles. The molecule has 0 aromatic heterocycles. The highest BCUT2D eigenvalue weighted by Crippen LogP contribution is 2.21. The largest absolute Gasteiger partial charge is 0.491 e. The van der Waals surface area contributed by atoms with E-state index < -0.39 is 7.12 Å². The first-order valence-electron chi connectivity index (χ1n) is 3.71. The molecule has 2 rings (SSSR count). The Bertz CT molecular complexity index is 248. The van der Waals surface area contributed by atoms with Gasteiger partial charge in [-0.1, -0.05) is 24.3 Å². The molecule has 11 heavy (non-hydrogen) atoms. The SMILES string of the molecule is C[C@H]1OB(O)c2ccccc21. The maximum Gasteiger partial charge on any atom is 0.491 e. The van der Waals surface area contributed by atoms with E-state index in [9.17, 15) is 5.02 Å². The fourth-order valence-corrected chi connectivity index (χ4v) is 1.45. The summed E-state index contributed by atoms with van der Waals surface area (Å²) in [5.41, 5.74) is 2.00. The molecular formula is C8H9BO2. The summed E-state index contributed by atoms with van der Waals surface area (Å²) in [5.74, 6) is 0. The van der Waals surface area contributed by atoms with Crippen LogP contribution >= 0.6 is 0 Å². The van der Waals surface area contributed by atoms with Crippen LogP contribution in [0.3, 0.4) is 0 Å². The van der Waals surface area contributed by atoms with E-state index in [0.717, 1.165) is 11.0 Å². The lowest BCUT2D eigenvalue weighted by Crippen LogP contribution is -2.27. The first-order valence-corrected chi connectivity index (χ1v) is 3.71. The van der Waals surface area contributed by atoms with E-state index in [-0.39, 0.29) is 6.10 Å². The van der Waals surface area contributed by atoms with Crippen LogP contribution in [-0.4, -0.2) is 12.1 Å². The van der Waals surface area contributed by atoms with Gasteiger partial charge in [0, 0.05) is 0 Å². The summed E-state index contributed by atoms with van der Waals surface area (Å²) in [7, 11) is -0.721. The van der Waals surface area contributed by atoms with Crippen molar-refractivity contribution in [1.82, 2.24) is 0 Å². The Labute approximate surface area is 66.0 Å². The van der Waals surface area contributed by atoms with Crippen molar-refractivity contribution in [1.29, 1.82) is 0 Å². The number of hydrogen-bond donors (Lipinski definition) is 1. The topological polar surface area (TPSA) is 29.5 Å². The van der Waals surface area contributed by atoms with Crippen molar-refractivity contribution in [2.45, 2.75) is 13.0 Å². The molecule has 56 valence electrons. The Balaban J connectivity index is 2.52. The number of hydrogen-bond acceptors (Lipinski definition) is 2. The van der Waals surface area contributed by atoms with Gasteiger partial charge in [0.05, 0.1) is 6.10 Å². The molecule has 0 spiro atoms. The third kappa shape index (κ3) is 0.969. The van der Waals surface area contributed by atoms with Gasteiger partial charge in [-0.25, -0.2) is 0 Å². The highest BCUT2D eigenvalue weighted by molar-refractivity contribution is 6.61. The molecule has 0 aliphatic carbocycles. The minimum absolute atomic E-state index is 0.0289. The average Bonchev–Trinajstić information content (AvgIpc) is 2.30. The predicted octanol–water partition coefficient (Wildman–Crippen LogP) is 0.465. The summed E-state index contributed by atoms with van der Waals surface area (Å²) in [6.07, 6.45) is 0.0289. The summed E-state index contributed by atoms with van der Waals surface area (Å²) in [4.78, 5) is 0. The van der Waals surface area contributed by atoms with Gasteiger partial charge in [0.25, 0.3) is 0 Å². The summed E-state index contributed by atoms with van der Waals surface area (Å²) in [5, 5.41) is 9.33. The maximum absolute atomic E-state index is 9.33. The van der Waals surface area contributed by atoms with E-state index in [1.165, 1.54) is 0 Å². The predicted molar refractivity (Wildman–Crippen MR) is 43.5 cm³/mol. The van der Waals surface area contributed by atoms with E-state index >= 15 is 0 Å². The van der Waals surface area contributed by atoms with Crippen LogP contribution in [0.25, 0.3) is 0 Å². The highest BCUT2D eigenvalue weighted by atomic mass is 16.5. The zero-order valence-corrected chi connectivity index (χ0v) is 6.32. The molecule has 0 amide bonds. The van der Waals surface area contributed by atoms with Crippen molar-refractivity contribution in [3.63, 3.8) is 0 Å². The lowest BCUT2D eigenvalue weighted by molar-refractivity contribution is 0.209. The van der Waals surface area contributed by atoms with Crippen molar-refractivity contribution in [2.24, 2.45) is 0 Å². The summed E-state index contributed by atoms with van der Waals surface area (Å²) >= 11 is 0. The second-order valence-corrected chi connectivity index (χ2v) is 2.76. The first-order chi connectivity index (χ1) is 5.29. The fourth-order valence-electron chi connectivity index (χ4n) is 1.45. The third-order valence-corrected chi connectivity index (χ3v) is 2.03. The van der Waals surface area contributed by atoms with Crippen molar-refractivity contribution in [3.8, 4) is 0 Å². The van der Waals surface area contributed by atoms with Gasteiger partial charge in [-0.05, 0) is 17.9 Å². The number of rotatable bonds is 0. The standard InChI is InChI=1S/C8H9BO2/c1-6-7-4-2-3-5-8(7)9(10)11-6/h2-6,10H,1H3/t6-/m1/s1. The number of benzene rings is 1. The summed E-state index contributed by atoms with van der Waals surface area (Å²) in [6, 6.07) is 7.74. The van der Waals surface area contributed by atoms with Gasteiger partial charge in [-0.2, -0.15) is 0 Å². The van der Waals surface area contributed by atoms with Gasteiger partial charge in [-0.3, -0.25) is 0 Å². The van der Waals surface area contributed by atoms with Crippen LogP contribution in [0.1, 0.15) is 18.6 Å². The smallest absolute Gasteiger partial charge is 0.423 e. The Morgan fingerprint density at radius 3 is 2.91 bits per heavy atom. The monoisotopic (exact) mass is 148 g/mol. The summed E-state index contributed by atoms with van der Waals surface area (Å²) < 4.78 is 5.19. The van der Waals surface area contributed by atoms with Crippen LogP contribution in [0.5, 0.6) is 0 Å². The number of fused-ring (bicyclic) bond motifs is 1. The van der Waals surface area contributed by atoms with Gasteiger partial charge < -0.3 is 9.68 Å². The van der Waals surface area contributed by atoms with Gasteiger partial charge in [0.2, 0.25) is 0 Å². The second kappa shape index (κ2) is 2.36. The second-order valence-electron chi connectivity index (χ2n) is 2.76. The Kier molecular flexibility index (Phi) is 1.48. The maximum atomic E-state index is 9.33. The van der Waals surface area contributed by atoms with Gasteiger partial charge >= 0.3 is 7.12 Å². The van der Waals surface area contributed by atoms with Crippen molar-refractivity contribution in [2.75, 3.05) is 0 Å². The van der Waals surface area contributed by atoms with Crippen LogP contribution in [0.2, 0.25) is 0 Å². The third-order valence-electron chi connectivity index (χ3n) is 2.03. The molecule has 0 saturated carbocycles. The van der Waals surface area contributed by atoms with E-state index in [4.69, 9.17) is 4.65 Å². The molecule has 2 nitrogen and oxygen atoms in total. The van der Waals surface area contributed by atoms with Crippen molar-refractivity contribution >= 4 is 12.6 Å². The Hall–Kier alpha value is -0.795. The Morgan fingerprint density at radius 2 is 2.18 bits per heavy atom. The molecule has 1 aromatic rings. The molecule has 0 radical (unpaired) electrons. The van der Waals surface area contributed by atoms with Gasteiger partial charge in [0.15, 0.2) is 0 Å². The van der Waals surface area contributed by atoms with E-state index in [2.05, 4.69) is 0 Å². The average molecular weight is 148 g/mol. The normalized spacial score (nSPS) is 22.0. The lowest BCUT2D eigenvalue weighted by atomic mass is 9.79. The van der Waals surface area contributed by atoms with Crippen LogP contribution in [0, 0.1) is 0 Å². The molecule has 1 heterocycles. The van der Waals surface area contributed by atoms with Crippen LogP contribution in [0.15, 0.2) is 24.3 Å². The van der Waals surface area contributed by atoms with E-state index in [1.807, 2.05) is 31.2 Å². The molecule has 1 aliphatic heterocycles. The van der Waals surface area contributed by atoms with Gasteiger partial charge in [-0.15, -0.1) is 0 Å². The summed E-state index contributed by atoms with van der Waals surface area (Å²) in [6.45, 7) is 1.94. The van der Waals surface area contributed by atoms with Crippen molar-refractivity contribution < 1.29 is 9.68 Å². The molecule has 1 N–H and O–H groups in total. The quantitative estimate of drug-likeness (QED) is 0.541. The molecular weight excluding hydrogens is 139 g/mol. The molecule has 0 fully saturated rings.